The van der Waals surface area contributed by atoms with Crippen LogP contribution in [0.3, 0.4) is 0 Å². The van der Waals surface area contributed by atoms with Crippen molar-refractivity contribution in [1.29, 1.82) is 0 Å². The highest BCUT2D eigenvalue weighted by molar-refractivity contribution is 5.46. The van der Waals surface area contributed by atoms with Gasteiger partial charge < -0.3 is 20.3 Å². The molecule has 0 unspecified atom stereocenters. The van der Waals surface area contributed by atoms with E-state index in [0.717, 1.165) is 16.8 Å². The fourth-order valence-corrected chi connectivity index (χ4v) is 2.49. The highest BCUT2D eigenvalue weighted by Crippen LogP contribution is 2.30. The Morgan fingerprint density at radius 1 is 1.09 bits per heavy atom. The van der Waals surface area contributed by atoms with Crippen molar-refractivity contribution in [3.63, 3.8) is 0 Å². The summed E-state index contributed by atoms with van der Waals surface area (Å²) in [5.74, 6) is 1.26. The second-order valence-corrected chi connectivity index (χ2v) is 5.53. The maximum absolute atomic E-state index is 10.5. The van der Waals surface area contributed by atoms with Crippen molar-refractivity contribution >= 4 is 5.69 Å². The Kier molecular flexibility index (Phi) is 5.84. The Morgan fingerprint density at radius 3 is 2.43 bits per heavy atom. The lowest BCUT2D eigenvalue weighted by atomic mass is 10.1. The fourth-order valence-electron chi connectivity index (χ4n) is 2.49. The van der Waals surface area contributed by atoms with E-state index >= 15 is 0 Å². The van der Waals surface area contributed by atoms with Crippen LogP contribution >= 0.6 is 0 Å². The molecule has 1 atom stereocenters. The normalized spacial score (nSPS) is 12.2. The number of likely N-dealkylation sites (N-methyl/N-ethyl adjacent to an activating group) is 1. The minimum Gasteiger partial charge on any atom is -0.493 e. The molecule has 2 rings (SSSR count). The molecule has 0 fully saturated rings. The molecule has 0 saturated heterocycles. The number of nitrogens with two attached hydrogens (primary N) is 1. The van der Waals surface area contributed by atoms with E-state index in [1.807, 2.05) is 42.3 Å². The Labute approximate surface area is 137 Å². The first kappa shape index (κ1) is 17.1. The van der Waals surface area contributed by atoms with Crippen LogP contribution in [0, 0.1) is 0 Å². The van der Waals surface area contributed by atoms with E-state index < -0.39 is 6.10 Å². The van der Waals surface area contributed by atoms with Crippen molar-refractivity contribution in [2.24, 2.45) is 0 Å². The molecular formula is C18H24N2O3. The van der Waals surface area contributed by atoms with Crippen LogP contribution in [0.4, 0.5) is 5.69 Å². The number of hydrogen-bond acceptors (Lipinski definition) is 5. The molecule has 0 bridgehead atoms. The number of ether oxygens (including phenoxy) is 2. The number of nitrogens with zero attached hydrogens (tertiary/aromatic N) is 1. The third-order valence-corrected chi connectivity index (χ3v) is 3.77. The summed E-state index contributed by atoms with van der Waals surface area (Å²) in [7, 11) is 5.13. The van der Waals surface area contributed by atoms with Gasteiger partial charge in [0.15, 0.2) is 11.5 Å². The topological polar surface area (TPSA) is 68.0 Å². The van der Waals surface area contributed by atoms with Gasteiger partial charge in [-0.2, -0.15) is 0 Å². The van der Waals surface area contributed by atoms with Gasteiger partial charge in [-0.1, -0.05) is 24.3 Å². The van der Waals surface area contributed by atoms with Crippen LogP contribution in [0.5, 0.6) is 11.5 Å². The fraction of sp³-hybridized carbons (Fsp3) is 0.333. The van der Waals surface area contributed by atoms with E-state index in [0.29, 0.717) is 24.6 Å². The lowest BCUT2D eigenvalue weighted by molar-refractivity contribution is 0.123. The Balaban J connectivity index is 2.03. The van der Waals surface area contributed by atoms with Crippen LogP contribution in [0.25, 0.3) is 0 Å². The predicted molar refractivity (Wildman–Crippen MR) is 91.7 cm³/mol. The van der Waals surface area contributed by atoms with E-state index in [4.69, 9.17) is 15.2 Å². The predicted octanol–water partition coefficient (Wildman–Crippen LogP) is 2.45. The van der Waals surface area contributed by atoms with E-state index in [2.05, 4.69) is 0 Å². The first-order valence-corrected chi connectivity index (χ1v) is 7.47. The summed E-state index contributed by atoms with van der Waals surface area (Å²) in [6.45, 7) is 1.17. The van der Waals surface area contributed by atoms with Crippen LogP contribution in [-0.2, 0) is 6.54 Å². The average Bonchev–Trinajstić information content (AvgIpc) is 2.56. The Morgan fingerprint density at radius 2 is 1.78 bits per heavy atom. The SMILES string of the molecule is COc1ccc([C@@H](O)CN(C)Cc2ccccc2N)cc1OC. The maximum Gasteiger partial charge on any atom is 0.161 e. The van der Waals surface area contributed by atoms with Gasteiger partial charge in [0.05, 0.1) is 20.3 Å². The quantitative estimate of drug-likeness (QED) is 0.768. The van der Waals surface area contributed by atoms with E-state index in [1.54, 1.807) is 26.4 Å². The van der Waals surface area contributed by atoms with E-state index in [9.17, 15) is 5.11 Å². The second kappa shape index (κ2) is 7.85. The van der Waals surface area contributed by atoms with Crippen molar-refractivity contribution in [1.82, 2.24) is 4.90 Å². The number of benzene rings is 2. The van der Waals surface area contributed by atoms with E-state index in [1.165, 1.54) is 0 Å². The molecule has 124 valence electrons. The van der Waals surface area contributed by atoms with Crippen molar-refractivity contribution in [2.45, 2.75) is 12.6 Å². The van der Waals surface area contributed by atoms with Crippen molar-refractivity contribution in [3.05, 3.63) is 53.6 Å². The number of nitrogen functional groups attached to an aromatic ring is 1. The zero-order valence-corrected chi connectivity index (χ0v) is 13.8. The zero-order valence-electron chi connectivity index (χ0n) is 13.8. The summed E-state index contributed by atoms with van der Waals surface area (Å²) in [5, 5.41) is 10.5. The number of methoxy groups -OCH3 is 2. The minimum absolute atomic E-state index is 0.490. The smallest absolute Gasteiger partial charge is 0.161 e. The number of aliphatic hydroxyl groups is 1. The highest BCUT2D eigenvalue weighted by atomic mass is 16.5. The molecule has 23 heavy (non-hydrogen) atoms. The number of rotatable bonds is 7. The molecule has 0 amide bonds. The summed E-state index contributed by atoms with van der Waals surface area (Å²) in [5.41, 5.74) is 8.56. The van der Waals surface area contributed by atoms with Gasteiger partial charge in [-0.15, -0.1) is 0 Å². The number of para-hydroxylation sites is 1. The maximum atomic E-state index is 10.5. The van der Waals surface area contributed by atoms with Gasteiger partial charge in [-0.25, -0.2) is 0 Å². The molecule has 2 aromatic rings. The minimum atomic E-state index is -0.621. The molecule has 0 aliphatic heterocycles. The van der Waals surface area contributed by atoms with Crippen LogP contribution in [0.15, 0.2) is 42.5 Å². The average molecular weight is 316 g/mol. The van der Waals surface area contributed by atoms with Gasteiger partial charge in [0.2, 0.25) is 0 Å². The molecule has 5 nitrogen and oxygen atoms in total. The number of anilines is 1. The zero-order chi connectivity index (χ0) is 16.8. The number of hydrogen-bond donors (Lipinski definition) is 2. The molecule has 0 heterocycles. The third kappa shape index (κ3) is 4.37. The molecule has 0 radical (unpaired) electrons. The lowest BCUT2D eigenvalue weighted by Gasteiger charge is -2.22. The van der Waals surface area contributed by atoms with Crippen molar-refractivity contribution < 1.29 is 14.6 Å². The molecule has 0 saturated carbocycles. The summed E-state index contributed by atoms with van der Waals surface area (Å²) in [6, 6.07) is 13.2. The molecule has 0 aliphatic carbocycles. The van der Waals surface area contributed by atoms with Crippen LogP contribution in [0.2, 0.25) is 0 Å². The highest BCUT2D eigenvalue weighted by Gasteiger charge is 2.14. The van der Waals surface area contributed by atoms with Crippen LogP contribution in [0.1, 0.15) is 17.2 Å². The van der Waals surface area contributed by atoms with E-state index in [-0.39, 0.29) is 0 Å². The molecule has 3 N–H and O–H groups in total. The van der Waals surface area contributed by atoms with Crippen molar-refractivity contribution in [2.75, 3.05) is 33.5 Å². The van der Waals surface area contributed by atoms with Crippen LogP contribution < -0.4 is 15.2 Å². The Bertz CT molecular complexity index is 646. The van der Waals surface area contributed by atoms with Gasteiger partial charge in [0.25, 0.3) is 0 Å². The van der Waals surface area contributed by atoms with Gasteiger partial charge in [0, 0.05) is 18.8 Å². The van der Waals surface area contributed by atoms with Gasteiger partial charge in [-0.05, 0) is 36.4 Å². The monoisotopic (exact) mass is 316 g/mol. The lowest BCUT2D eigenvalue weighted by Crippen LogP contribution is -2.24. The molecule has 0 aliphatic rings. The van der Waals surface area contributed by atoms with Gasteiger partial charge in [0.1, 0.15) is 0 Å². The van der Waals surface area contributed by atoms with Gasteiger partial charge in [-0.3, -0.25) is 4.90 Å². The van der Waals surface area contributed by atoms with Gasteiger partial charge >= 0.3 is 0 Å². The summed E-state index contributed by atoms with van der Waals surface area (Å²) in [6.07, 6.45) is -0.621. The molecule has 5 heteroatoms. The Hall–Kier alpha value is -2.24. The summed E-state index contributed by atoms with van der Waals surface area (Å²) in [4.78, 5) is 2.03. The molecule has 0 aromatic heterocycles. The first-order chi connectivity index (χ1) is 11.0. The summed E-state index contributed by atoms with van der Waals surface area (Å²) >= 11 is 0. The summed E-state index contributed by atoms with van der Waals surface area (Å²) < 4.78 is 10.5. The largest absolute Gasteiger partial charge is 0.493 e. The standard InChI is InChI=1S/C18H24N2O3/c1-20(11-14-6-4-5-7-15(14)19)12-16(21)13-8-9-17(22-2)18(10-13)23-3/h4-10,16,21H,11-12,19H2,1-3H3/t16-/m0/s1. The number of aliphatic hydroxyl groups excluding tert-OH is 1. The molecule has 2 aromatic carbocycles. The molecular weight excluding hydrogens is 292 g/mol. The molecule has 0 spiro atoms. The second-order valence-electron chi connectivity index (χ2n) is 5.53. The van der Waals surface area contributed by atoms with Crippen LogP contribution in [-0.4, -0.2) is 37.8 Å². The first-order valence-electron chi connectivity index (χ1n) is 7.47. The third-order valence-electron chi connectivity index (χ3n) is 3.77. The van der Waals surface area contributed by atoms with Crippen molar-refractivity contribution in [3.8, 4) is 11.5 Å².